The van der Waals surface area contributed by atoms with Crippen LogP contribution in [0.15, 0.2) is 46.1 Å². The molecule has 3 rings (SSSR count). The Morgan fingerprint density at radius 1 is 1.11 bits per heavy atom. The summed E-state index contributed by atoms with van der Waals surface area (Å²) in [4.78, 5) is 33.2. The third kappa shape index (κ3) is 4.43. The normalized spacial score (nSPS) is 12.5. The summed E-state index contributed by atoms with van der Waals surface area (Å²) in [5.74, 6) is -0.367. The van der Waals surface area contributed by atoms with E-state index in [1.54, 1.807) is 19.2 Å². The molecular formula is C17H19N2O7PS. The second-order valence-electron chi connectivity index (χ2n) is 6.17. The van der Waals surface area contributed by atoms with Crippen LogP contribution in [0.2, 0.25) is 0 Å². The number of nitrogens with one attached hydrogen (secondary N) is 2. The van der Waals surface area contributed by atoms with E-state index >= 15 is 0 Å². The molecule has 2 aromatic carbocycles. The van der Waals surface area contributed by atoms with E-state index in [1.807, 2.05) is 6.07 Å². The van der Waals surface area contributed by atoms with E-state index in [2.05, 4.69) is 14.8 Å². The minimum Gasteiger partial charge on any atom is -0.388 e. The number of benzene rings is 2. The number of hydrogen-bond donors (Lipinski definition) is 4. The molecular weight excluding hydrogens is 407 g/mol. The molecule has 0 atom stereocenters. The molecule has 0 aliphatic heterocycles. The monoisotopic (exact) mass is 426 g/mol. The highest BCUT2D eigenvalue weighted by atomic mass is 32.2. The van der Waals surface area contributed by atoms with Crippen LogP contribution in [0.1, 0.15) is 6.42 Å². The van der Waals surface area contributed by atoms with Crippen LogP contribution in [-0.4, -0.2) is 42.6 Å². The number of pyridine rings is 1. The molecule has 0 saturated carbocycles. The SMILES string of the molecule is CNc1ccc2[nH]c3ccc(S(=O)(=O)CCCOP(=O)(O)O)cc3c(=O)c2c1. The van der Waals surface area contributed by atoms with Crippen LogP contribution >= 0.6 is 7.82 Å². The maximum absolute atomic E-state index is 12.9. The second kappa shape index (κ2) is 7.65. The Bertz CT molecular complexity index is 1250. The molecule has 0 saturated heterocycles. The van der Waals surface area contributed by atoms with E-state index in [1.165, 1.54) is 18.2 Å². The van der Waals surface area contributed by atoms with Gasteiger partial charge in [0.25, 0.3) is 0 Å². The van der Waals surface area contributed by atoms with Gasteiger partial charge < -0.3 is 20.1 Å². The summed E-state index contributed by atoms with van der Waals surface area (Å²) >= 11 is 0. The van der Waals surface area contributed by atoms with Crippen LogP contribution in [0.3, 0.4) is 0 Å². The quantitative estimate of drug-likeness (QED) is 0.255. The van der Waals surface area contributed by atoms with Crippen molar-refractivity contribution in [2.24, 2.45) is 0 Å². The molecule has 3 aromatic rings. The third-order valence-electron chi connectivity index (χ3n) is 4.23. The van der Waals surface area contributed by atoms with Gasteiger partial charge in [-0.1, -0.05) is 0 Å². The molecule has 1 aromatic heterocycles. The maximum Gasteiger partial charge on any atom is 0.469 e. The van der Waals surface area contributed by atoms with Crippen molar-refractivity contribution in [1.29, 1.82) is 0 Å². The fourth-order valence-corrected chi connectivity index (χ4v) is 4.52. The Hall–Kier alpha value is -2.23. The first-order valence-corrected chi connectivity index (χ1v) is 11.5. The van der Waals surface area contributed by atoms with E-state index in [-0.39, 0.29) is 27.9 Å². The largest absolute Gasteiger partial charge is 0.469 e. The predicted molar refractivity (Wildman–Crippen MR) is 106 cm³/mol. The maximum atomic E-state index is 12.9. The van der Waals surface area contributed by atoms with Crippen molar-refractivity contribution in [3.8, 4) is 0 Å². The lowest BCUT2D eigenvalue weighted by Crippen LogP contribution is -2.11. The Morgan fingerprint density at radius 3 is 2.39 bits per heavy atom. The van der Waals surface area contributed by atoms with E-state index in [0.717, 1.165) is 5.69 Å². The zero-order valence-corrected chi connectivity index (χ0v) is 16.6. The smallest absolute Gasteiger partial charge is 0.388 e. The van der Waals surface area contributed by atoms with Gasteiger partial charge >= 0.3 is 7.82 Å². The number of phosphoric ester groups is 1. The topological polar surface area (TPSA) is 146 Å². The van der Waals surface area contributed by atoms with Crippen molar-refractivity contribution in [3.05, 3.63) is 46.6 Å². The molecule has 28 heavy (non-hydrogen) atoms. The standard InChI is InChI=1S/C17H19N2O7PS/c1-18-11-3-5-15-13(9-11)17(20)14-10-12(4-6-16(14)19-15)28(24,25)8-2-7-26-27(21,22)23/h3-6,9-10,18H,2,7-8H2,1H3,(H,19,20)(H2,21,22,23). The number of anilines is 1. The fourth-order valence-electron chi connectivity index (χ4n) is 2.85. The van der Waals surface area contributed by atoms with Crippen molar-refractivity contribution < 1.29 is 27.3 Å². The molecule has 0 amide bonds. The molecule has 9 nitrogen and oxygen atoms in total. The van der Waals surface area contributed by atoms with Crippen molar-refractivity contribution in [2.45, 2.75) is 11.3 Å². The summed E-state index contributed by atoms with van der Waals surface area (Å²) < 4.78 is 39.9. The highest BCUT2D eigenvalue weighted by molar-refractivity contribution is 7.91. The summed E-state index contributed by atoms with van der Waals surface area (Å²) in [5, 5.41) is 3.63. The number of hydrogen-bond acceptors (Lipinski definition) is 6. The molecule has 0 radical (unpaired) electrons. The zero-order valence-electron chi connectivity index (χ0n) is 14.9. The van der Waals surface area contributed by atoms with Crippen molar-refractivity contribution in [2.75, 3.05) is 24.7 Å². The van der Waals surface area contributed by atoms with Gasteiger partial charge in [0.1, 0.15) is 0 Å². The predicted octanol–water partition coefficient (Wildman–Crippen LogP) is 2.00. The second-order valence-corrected chi connectivity index (χ2v) is 9.52. The van der Waals surface area contributed by atoms with Gasteiger partial charge in [0.15, 0.2) is 15.3 Å². The van der Waals surface area contributed by atoms with Gasteiger partial charge in [0, 0.05) is 34.5 Å². The van der Waals surface area contributed by atoms with Crippen LogP contribution in [-0.2, 0) is 18.9 Å². The summed E-state index contributed by atoms with van der Waals surface area (Å²) in [7, 11) is -6.65. The van der Waals surface area contributed by atoms with E-state index in [4.69, 9.17) is 9.79 Å². The van der Waals surface area contributed by atoms with Crippen LogP contribution < -0.4 is 10.7 Å². The molecule has 11 heteroatoms. The molecule has 0 aliphatic rings. The molecule has 0 spiro atoms. The van der Waals surface area contributed by atoms with Crippen LogP contribution in [0.5, 0.6) is 0 Å². The lowest BCUT2D eigenvalue weighted by molar-refractivity contribution is 0.197. The minimum atomic E-state index is -4.63. The number of fused-ring (bicyclic) bond motifs is 2. The van der Waals surface area contributed by atoms with Gasteiger partial charge in [-0.2, -0.15) is 0 Å². The summed E-state index contributed by atoms with van der Waals surface area (Å²) in [6.45, 7) is -0.394. The minimum absolute atomic E-state index is 0.0363. The Labute approximate surface area is 160 Å². The van der Waals surface area contributed by atoms with Gasteiger partial charge in [-0.25, -0.2) is 13.0 Å². The van der Waals surface area contributed by atoms with Gasteiger partial charge in [-0.3, -0.25) is 9.32 Å². The molecule has 0 bridgehead atoms. The van der Waals surface area contributed by atoms with Gasteiger partial charge in [0.2, 0.25) is 0 Å². The fraction of sp³-hybridized carbons (Fsp3) is 0.235. The number of aromatic nitrogens is 1. The number of H-pyrrole nitrogens is 1. The molecule has 0 aliphatic carbocycles. The molecule has 0 unspecified atom stereocenters. The van der Waals surface area contributed by atoms with Gasteiger partial charge in [0.05, 0.1) is 17.3 Å². The average Bonchev–Trinajstić information content (AvgIpc) is 2.64. The van der Waals surface area contributed by atoms with Crippen molar-refractivity contribution in [1.82, 2.24) is 4.98 Å². The summed E-state index contributed by atoms with van der Waals surface area (Å²) in [6, 6.07) is 9.52. The van der Waals surface area contributed by atoms with E-state index in [9.17, 15) is 17.8 Å². The molecule has 4 N–H and O–H groups in total. The Kier molecular flexibility index (Phi) is 5.60. The third-order valence-corrected chi connectivity index (χ3v) is 6.55. The lowest BCUT2D eigenvalue weighted by atomic mass is 10.1. The van der Waals surface area contributed by atoms with Gasteiger partial charge in [-0.15, -0.1) is 0 Å². The average molecular weight is 426 g/mol. The highest BCUT2D eigenvalue weighted by Crippen LogP contribution is 2.35. The number of rotatable bonds is 7. The van der Waals surface area contributed by atoms with Crippen LogP contribution in [0.4, 0.5) is 5.69 Å². The Balaban J connectivity index is 1.96. The van der Waals surface area contributed by atoms with Crippen LogP contribution in [0.25, 0.3) is 21.8 Å². The highest BCUT2D eigenvalue weighted by Gasteiger charge is 2.18. The number of sulfone groups is 1. The van der Waals surface area contributed by atoms with Crippen molar-refractivity contribution >= 4 is 45.2 Å². The van der Waals surface area contributed by atoms with E-state index in [0.29, 0.717) is 16.4 Å². The Morgan fingerprint density at radius 2 is 1.75 bits per heavy atom. The molecule has 0 fully saturated rings. The number of aromatic amines is 1. The number of phosphoric acid groups is 1. The first-order chi connectivity index (χ1) is 13.1. The first kappa shape index (κ1) is 20.5. The van der Waals surface area contributed by atoms with Gasteiger partial charge in [-0.05, 0) is 42.8 Å². The summed E-state index contributed by atoms with van der Waals surface area (Å²) in [6.07, 6.45) is -0.0922. The van der Waals surface area contributed by atoms with Crippen molar-refractivity contribution in [3.63, 3.8) is 0 Å². The zero-order chi connectivity index (χ0) is 20.5. The summed E-state index contributed by atoms with van der Waals surface area (Å²) in [5.41, 5.74) is 1.62. The molecule has 150 valence electrons. The van der Waals surface area contributed by atoms with E-state index < -0.39 is 24.3 Å². The molecule has 1 heterocycles. The van der Waals surface area contributed by atoms with Crippen LogP contribution in [0, 0.1) is 0 Å². The lowest BCUT2D eigenvalue weighted by Gasteiger charge is -2.09. The first-order valence-electron chi connectivity index (χ1n) is 8.31.